The summed E-state index contributed by atoms with van der Waals surface area (Å²) in [6.07, 6.45) is 4.79. The highest BCUT2D eigenvalue weighted by Gasteiger charge is 2.48. The van der Waals surface area contributed by atoms with Gasteiger partial charge in [0.15, 0.2) is 0 Å². The van der Waals surface area contributed by atoms with Crippen molar-refractivity contribution in [1.82, 2.24) is 4.90 Å². The van der Waals surface area contributed by atoms with Gasteiger partial charge in [0.1, 0.15) is 5.82 Å². The number of halogens is 2. The predicted molar refractivity (Wildman–Crippen MR) is 92.1 cm³/mol. The minimum Gasteiger partial charge on any atom is -0.342 e. The highest BCUT2D eigenvalue weighted by molar-refractivity contribution is 5.89. The number of nitrogens with zero attached hydrogens (tertiary/aromatic N) is 1. The Bertz CT molecular complexity index is 560. The topological polar surface area (TPSA) is 46.3 Å². The molecule has 2 aliphatic rings. The van der Waals surface area contributed by atoms with Gasteiger partial charge in [0.25, 0.3) is 0 Å². The second-order valence-corrected chi connectivity index (χ2v) is 6.96. The van der Waals surface area contributed by atoms with Gasteiger partial charge in [-0.1, -0.05) is 18.6 Å². The molecular formula is C18H26ClFN2O. The normalized spacial score (nSPS) is 24.3. The van der Waals surface area contributed by atoms with E-state index in [0.717, 1.165) is 50.8 Å². The number of benzene rings is 1. The molecule has 23 heavy (non-hydrogen) atoms. The van der Waals surface area contributed by atoms with Gasteiger partial charge in [0.2, 0.25) is 5.91 Å². The van der Waals surface area contributed by atoms with E-state index >= 15 is 0 Å². The molecule has 1 saturated heterocycles. The number of likely N-dealkylation sites (tertiary alicyclic amines) is 1. The molecule has 5 heteroatoms. The molecule has 128 valence electrons. The lowest BCUT2D eigenvalue weighted by Gasteiger charge is -2.46. The van der Waals surface area contributed by atoms with Crippen molar-refractivity contribution in [3.8, 4) is 0 Å². The van der Waals surface area contributed by atoms with Crippen LogP contribution in [0.1, 0.15) is 44.6 Å². The van der Waals surface area contributed by atoms with Gasteiger partial charge in [-0.15, -0.1) is 12.4 Å². The van der Waals surface area contributed by atoms with E-state index in [0.29, 0.717) is 5.92 Å². The molecule has 1 saturated carbocycles. The van der Waals surface area contributed by atoms with Crippen molar-refractivity contribution >= 4 is 18.3 Å². The van der Waals surface area contributed by atoms with Crippen LogP contribution in [0.2, 0.25) is 0 Å². The molecule has 0 spiro atoms. The minimum absolute atomic E-state index is 0. The third kappa shape index (κ3) is 3.38. The Balaban J connectivity index is 0.00000192. The molecule has 1 aromatic rings. The smallest absolute Gasteiger partial charge is 0.233 e. The average Bonchev–Trinajstić information content (AvgIpc) is 2.46. The number of carbonyl (C=O) groups is 1. The molecule has 0 radical (unpaired) electrons. The van der Waals surface area contributed by atoms with Crippen LogP contribution in [0.3, 0.4) is 0 Å². The first-order valence-electron chi connectivity index (χ1n) is 8.34. The number of hydrogen-bond donors (Lipinski definition) is 1. The van der Waals surface area contributed by atoms with Crippen molar-refractivity contribution in [3.63, 3.8) is 0 Å². The molecule has 1 heterocycles. The summed E-state index contributed by atoms with van der Waals surface area (Å²) in [5.74, 6) is 0.292. The van der Waals surface area contributed by atoms with E-state index in [2.05, 4.69) is 0 Å². The van der Waals surface area contributed by atoms with Crippen molar-refractivity contribution in [1.29, 1.82) is 0 Å². The number of hydrogen-bond acceptors (Lipinski definition) is 2. The first kappa shape index (κ1) is 18.2. The van der Waals surface area contributed by atoms with Gasteiger partial charge in [-0.2, -0.15) is 0 Å². The van der Waals surface area contributed by atoms with Crippen LogP contribution in [0.4, 0.5) is 4.39 Å². The van der Waals surface area contributed by atoms with Crippen LogP contribution in [0.15, 0.2) is 24.3 Å². The van der Waals surface area contributed by atoms with Gasteiger partial charge in [0.05, 0.1) is 5.41 Å². The largest absolute Gasteiger partial charge is 0.342 e. The molecule has 1 amide bonds. The second kappa shape index (κ2) is 7.18. The second-order valence-electron chi connectivity index (χ2n) is 6.96. The van der Waals surface area contributed by atoms with Gasteiger partial charge >= 0.3 is 0 Å². The Morgan fingerprint density at radius 1 is 1.39 bits per heavy atom. The van der Waals surface area contributed by atoms with E-state index in [1.807, 2.05) is 17.9 Å². The Morgan fingerprint density at radius 2 is 2.13 bits per heavy atom. The number of rotatable bonds is 3. The molecule has 1 aromatic carbocycles. The summed E-state index contributed by atoms with van der Waals surface area (Å²) in [6, 6.07) is 6.69. The van der Waals surface area contributed by atoms with E-state index in [1.54, 1.807) is 6.07 Å². The number of nitrogens with two attached hydrogens (primary N) is 1. The van der Waals surface area contributed by atoms with Gasteiger partial charge in [-0.25, -0.2) is 4.39 Å². The van der Waals surface area contributed by atoms with Crippen LogP contribution < -0.4 is 5.73 Å². The quantitative estimate of drug-likeness (QED) is 0.918. The van der Waals surface area contributed by atoms with Crippen molar-refractivity contribution in [3.05, 3.63) is 35.6 Å². The highest BCUT2D eigenvalue weighted by Crippen LogP contribution is 2.45. The molecule has 1 aliphatic heterocycles. The Kier molecular flexibility index (Phi) is 5.69. The lowest BCUT2D eigenvalue weighted by atomic mass is 9.63. The third-order valence-corrected chi connectivity index (χ3v) is 5.48. The van der Waals surface area contributed by atoms with Gasteiger partial charge in [-0.05, 0) is 56.2 Å². The average molecular weight is 341 g/mol. The summed E-state index contributed by atoms with van der Waals surface area (Å²) in [5.41, 5.74) is 6.37. The van der Waals surface area contributed by atoms with Crippen molar-refractivity contribution in [2.24, 2.45) is 11.7 Å². The van der Waals surface area contributed by atoms with E-state index < -0.39 is 5.41 Å². The Hall–Kier alpha value is -1.13. The molecule has 2 fully saturated rings. The molecule has 1 aliphatic carbocycles. The minimum atomic E-state index is -0.498. The molecular weight excluding hydrogens is 315 g/mol. The fraction of sp³-hybridized carbons (Fsp3) is 0.611. The van der Waals surface area contributed by atoms with Crippen LogP contribution in [-0.2, 0) is 10.2 Å². The summed E-state index contributed by atoms with van der Waals surface area (Å²) in [6.45, 7) is 3.57. The maximum absolute atomic E-state index is 13.6. The molecule has 3 nitrogen and oxygen atoms in total. The van der Waals surface area contributed by atoms with E-state index in [-0.39, 0.29) is 30.2 Å². The summed E-state index contributed by atoms with van der Waals surface area (Å²) in [4.78, 5) is 15.1. The molecule has 2 N–H and O–H groups in total. The van der Waals surface area contributed by atoms with Crippen molar-refractivity contribution in [2.75, 3.05) is 13.1 Å². The monoisotopic (exact) mass is 340 g/mol. The van der Waals surface area contributed by atoms with Crippen LogP contribution in [0.5, 0.6) is 0 Å². The van der Waals surface area contributed by atoms with Crippen molar-refractivity contribution in [2.45, 2.75) is 50.5 Å². The molecule has 2 atom stereocenters. The fourth-order valence-electron chi connectivity index (χ4n) is 3.87. The Labute approximate surface area is 143 Å². The zero-order valence-corrected chi connectivity index (χ0v) is 14.4. The zero-order valence-electron chi connectivity index (χ0n) is 13.6. The summed E-state index contributed by atoms with van der Waals surface area (Å²) < 4.78 is 13.6. The molecule has 0 aromatic heterocycles. The van der Waals surface area contributed by atoms with Crippen LogP contribution in [-0.4, -0.2) is 29.9 Å². The van der Waals surface area contributed by atoms with E-state index in [4.69, 9.17) is 5.73 Å². The molecule has 3 rings (SSSR count). The van der Waals surface area contributed by atoms with Gasteiger partial charge in [0, 0.05) is 19.1 Å². The Morgan fingerprint density at radius 3 is 2.70 bits per heavy atom. The van der Waals surface area contributed by atoms with Crippen LogP contribution in [0.25, 0.3) is 0 Å². The van der Waals surface area contributed by atoms with Gasteiger partial charge < -0.3 is 10.6 Å². The number of carbonyl (C=O) groups excluding carboxylic acids is 1. The third-order valence-electron chi connectivity index (χ3n) is 5.48. The lowest BCUT2D eigenvalue weighted by molar-refractivity contribution is -0.143. The number of piperidine rings is 1. The van der Waals surface area contributed by atoms with Crippen molar-refractivity contribution < 1.29 is 9.18 Å². The standard InChI is InChI=1S/C18H25FN2O.ClH/c1-13(20)14-5-3-10-21(12-14)17(22)18(8-4-9-18)15-6-2-7-16(19)11-15;/h2,6-7,11,13-14H,3-5,8-10,12,20H2,1H3;1H. The molecule has 0 bridgehead atoms. The van der Waals surface area contributed by atoms with Crippen LogP contribution in [0, 0.1) is 11.7 Å². The maximum atomic E-state index is 13.6. The van der Waals surface area contributed by atoms with Gasteiger partial charge in [-0.3, -0.25) is 4.79 Å². The summed E-state index contributed by atoms with van der Waals surface area (Å²) >= 11 is 0. The predicted octanol–water partition coefficient (Wildman–Crippen LogP) is 3.26. The zero-order chi connectivity index (χ0) is 15.7. The van der Waals surface area contributed by atoms with Crippen LogP contribution >= 0.6 is 12.4 Å². The number of amides is 1. The SMILES string of the molecule is CC(N)C1CCCN(C(=O)C2(c3cccc(F)c3)CCC2)C1.Cl. The van der Waals surface area contributed by atoms with E-state index in [9.17, 15) is 9.18 Å². The van der Waals surface area contributed by atoms with E-state index in [1.165, 1.54) is 12.1 Å². The summed E-state index contributed by atoms with van der Waals surface area (Å²) in [7, 11) is 0. The lowest BCUT2D eigenvalue weighted by Crippen LogP contribution is -2.55. The first-order chi connectivity index (χ1) is 10.5. The summed E-state index contributed by atoms with van der Waals surface area (Å²) in [5, 5.41) is 0. The molecule has 2 unspecified atom stereocenters. The maximum Gasteiger partial charge on any atom is 0.233 e. The fourth-order valence-corrected chi connectivity index (χ4v) is 3.87. The highest BCUT2D eigenvalue weighted by atomic mass is 35.5. The first-order valence-corrected chi connectivity index (χ1v) is 8.34.